The first-order valence-electron chi connectivity index (χ1n) is 6.51. The summed E-state index contributed by atoms with van der Waals surface area (Å²) in [5.41, 5.74) is 2.95. The Labute approximate surface area is 127 Å². The Kier molecular flexibility index (Phi) is 4.61. The summed E-state index contributed by atoms with van der Waals surface area (Å²) in [5, 5.41) is 0. The highest BCUT2D eigenvalue weighted by Crippen LogP contribution is 2.27. The molecule has 1 atom stereocenters. The highest BCUT2D eigenvalue weighted by Gasteiger charge is 2.17. The quantitative estimate of drug-likeness (QED) is 0.757. The van der Waals surface area contributed by atoms with Gasteiger partial charge in [-0.1, -0.05) is 35.9 Å². The summed E-state index contributed by atoms with van der Waals surface area (Å²) < 4.78 is 6.61. The van der Waals surface area contributed by atoms with Gasteiger partial charge in [-0.05, 0) is 54.4 Å². The van der Waals surface area contributed by atoms with Gasteiger partial charge in [-0.3, -0.25) is 4.79 Å². The lowest BCUT2D eigenvalue weighted by molar-refractivity contribution is 0.0817. The van der Waals surface area contributed by atoms with Crippen LogP contribution in [0.1, 0.15) is 28.4 Å². The normalized spacial score (nSPS) is 12.0. The number of benzene rings is 2. The zero-order valence-corrected chi connectivity index (χ0v) is 13.4. The van der Waals surface area contributed by atoms with Gasteiger partial charge < -0.3 is 4.74 Å². The molecule has 0 saturated heterocycles. The number of aryl methyl sites for hydroxylation is 2. The molecule has 0 fully saturated rings. The lowest BCUT2D eigenvalue weighted by Gasteiger charge is -2.15. The van der Waals surface area contributed by atoms with Gasteiger partial charge in [-0.2, -0.15) is 0 Å². The molecule has 2 rings (SSSR count). The lowest BCUT2D eigenvalue weighted by Crippen LogP contribution is -2.24. The van der Waals surface area contributed by atoms with E-state index >= 15 is 0 Å². The fraction of sp³-hybridized carbons (Fsp3) is 0.235. The molecule has 0 N–H and O–H groups in total. The van der Waals surface area contributed by atoms with Crippen molar-refractivity contribution in [3.05, 3.63) is 63.6 Å². The summed E-state index contributed by atoms with van der Waals surface area (Å²) in [5.74, 6) is 0.668. The fourth-order valence-corrected chi connectivity index (χ4v) is 2.48. The summed E-state index contributed by atoms with van der Waals surface area (Å²) in [7, 11) is 0. The Morgan fingerprint density at radius 3 is 2.25 bits per heavy atom. The van der Waals surface area contributed by atoms with Crippen LogP contribution in [0.3, 0.4) is 0 Å². The molecule has 0 aromatic heterocycles. The Morgan fingerprint density at radius 1 is 1.05 bits per heavy atom. The van der Waals surface area contributed by atoms with Crippen molar-refractivity contribution in [2.75, 3.05) is 0 Å². The Bertz CT molecular complexity index is 617. The van der Waals surface area contributed by atoms with E-state index in [9.17, 15) is 4.79 Å². The third-order valence-corrected chi connectivity index (χ3v) is 3.72. The molecule has 0 radical (unpaired) electrons. The van der Waals surface area contributed by atoms with Crippen LogP contribution in [0.15, 0.2) is 46.9 Å². The fourth-order valence-electron chi connectivity index (χ4n) is 1.90. The molecule has 0 heterocycles. The van der Waals surface area contributed by atoms with Gasteiger partial charge in [0.1, 0.15) is 5.75 Å². The van der Waals surface area contributed by atoms with Crippen LogP contribution in [0.4, 0.5) is 0 Å². The Hall–Kier alpha value is -1.61. The molecule has 0 aliphatic rings. The number of hydrogen-bond donors (Lipinski definition) is 0. The van der Waals surface area contributed by atoms with E-state index in [-0.39, 0.29) is 5.78 Å². The van der Waals surface area contributed by atoms with E-state index in [1.165, 1.54) is 0 Å². The summed E-state index contributed by atoms with van der Waals surface area (Å²) in [4.78, 5) is 12.3. The number of ether oxygens (including phenoxy) is 1. The van der Waals surface area contributed by atoms with Gasteiger partial charge >= 0.3 is 0 Å². The van der Waals surface area contributed by atoms with Gasteiger partial charge in [0.25, 0.3) is 0 Å². The second-order valence-electron chi connectivity index (χ2n) is 4.92. The van der Waals surface area contributed by atoms with Crippen molar-refractivity contribution in [2.45, 2.75) is 26.9 Å². The summed E-state index contributed by atoms with van der Waals surface area (Å²) in [6, 6.07) is 13.3. The maximum absolute atomic E-state index is 12.3. The van der Waals surface area contributed by atoms with E-state index in [1.807, 2.05) is 56.3 Å². The molecule has 0 saturated carbocycles. The van der Waals surface area contributed by atoms with Crippen LogP contribution in [-0.2, 0) is 0 Å². The zero-order chi connectivity index (χ0) is 14.7. The van der Waals surface area contributed by atoms with Crippen molar-refractivity contribution >= 4 is 21.7 Å². The lowest BCUT2D eigenvalue weighted by atomic mass is 10.1. The van der Waals surface area contributed by atoms with Crippen molar-refractivity contribution < 1.29 is 9.53 Å². The van der Waals surface area contributed by atoms with E-state index in [1.54, 1.807) is 6.92 Å². The summed E-state index contributed by atoms with van der Waals surface area (Å²) >= 11 is 3.45. The highest BCUT2D eigenvalue weighted by molar-refractivity contribution is 9.10. The van der Waals surface area contributed by atoms with Gasteiger partial charge in [0, 0.05) is 5.56 Å². The molecule has 0 bridgehead atoms. The van der Waals surface area contributed by atoms with E-state index < -0.39 is 6.10 Å². The predicted octanol–water partition coefficient (Wildman–Crippen LogP) is 4.72. The molecule has 0 aliphatic heterocycles. The topological polar surface area (TPSA) is 26.3 Å². The minimum absolute atomic E-state index is 0.0162. The van der Waals surface area contributed by atoms with Gasteiger partial charge in [0.15, 0.2) is 6.10 Å². The van der Waals surface area contributed by atoms with Gasteiger partial charge in [-0.25, -0.2) is 0 Å². The molecule has 3 heteroatoms. The van der Waals surface area contributed by atoms with Crippen LogP contribution in [-0.4, -0.2) is 11.9 Å². The second kappa shape index (κ2) is 6.23. The standard InChI is InChI=1S/C17H17BrO2/c1-11-4-7-14(8-5-11)17(19)13(3)20-16-9-6-12(2)10-15(16)18/h4-10,13H,1-3H3. The number of Topliss-reactive ketones (excluding diaryl/α,β-unsaturated/α-hetero) is 1. The average Bonchev–Trinajstić information content (AvgIpc) is 2.42. The van der Waals surface area contributed by atoms with Crippen LogP contribution in [0.5, 0.6) is 5.75 Å². The molecule has 20 heavy (non-hydrogen) atoms. The Morgan fingerprint density at radius 2 is 1.65 bits per heavy atom. The van der Waals surface area contributed by atoms with E-state index in [0.29, 0.717) is 11.3 Å². The van der Waals surface area contributed by atoms with Crippen molar-refractivity contribution in [3.63, 3.8) is 0 Å². The highest BCUT2D eigenvalue weighted by atomic mass is 79.9. The smallest absolute Gasteiger partial charge is 0.202 e. The molecule has 2 aromatic rings. The van der Waals surface area contributed by atoms with Crippen molar-refractivity contribution in [1.29, 1.82) is 0 Å². The van der Waals surface area contributed by atoms with Crippen LogP contribution in [0.25, 0.3) is 0 Å². The minimum Gasteiger partial charge on any atom is -0.481 e. The third-order valence-electron chi connectivity index (χ3n) is 3.10. The SMILES string of the molecule is Cc1ccc(C(=O)C(C)Oc2ccc(C)cc2Br)cc1. The largest absolute Gasteiger partial charge is 0.481 e. The predicted molar refractivity (Wildman–Crippen MR) is 84.5 cm³/mol. The minimum atomic E-state index is -0.517. The van der Waals surface area contributed by atoms with Crippen LogP contribution < -0.4 is 4.74 Å². The van der Waals surface area contributed by atoms with Gasteiger partial charge in [-0.15, -0.1) is 0 Å². The molecule has 0 amide bonds. The van der Waals surface area contributed by atoms with Crippen LogP contribution in [0, 0.1) is 13.8 Å². The van der Waals surface area contributed by atoms with Crippen molar-refractivity contribution in [3.8, 4) is 5.75 Å². The van der Waals surface area contributed by atoms with Crippen molar-refractivity contribution in [1.82, 2.24) is 0 Å². The molecule has 104 valence electrons. The van der Waals surface area contributed by atoms with E-state index in [2.05, 4.69) is 15.9 Å². The van der Waals surface area contributed by atoms with E-state index in [4.69, 9.17) is 4.74 Å². The first-order chi connectivity index (χ1) is 9.47. The maximum atomic E-state index is 12.3. The molecular formula is C17H17BrO2. The Balaban J connectivity index is 2.13. The maximum Gasteiger partial charge on any atom is 0.202 e. The summed E-state index contributed by atoms with van der Waals surface area (Å²) in [6.07, 6.45) is -0.517. The first kappa shape index (κ1) is 14.8. The van der Waals surface area contributed by atoms with Gasteiger partial charge in [0.05, 0.1) is 4.47 Å². The monoisotopic (exact) mass is 332 g/mol. The first-order valence-corrected chi connectivity index (χ1v) is 7.30. The molecular weight excluding hydrogens is 316 g/mol. The second-order valence-corrected chi connectivity index (χ2v) is 5.78. The van der Waals surface area contributed by atoms with Gasteiger partial charge in [0.2, 0.25) is 5.78 Å². The van der Waals surface area contributed by atoms with Crippen LogP contribution in [0.2, 0.25) is 0 Å². The molecule has 2 nitrogen and oxygen atoms in total. The number of carbonyl (C=O) groups excluding carboxylic acids is 1. The number of rotatable bonds is 4. The average molecular weight is 333 g/mol. The molecule has 1 unspecified atom stereocenters. The van der Waals surface area contributed by atoms with Crippen LogP contribution >= 0.6 is 15.9 Å². The molecule has 2 aromatic carbocycles. The zero-order valence-electron chi connectivity index (χ0n) is 11.8. The molecule has 0 spiro atoms. The molecule has 0 aliphatic carbocycles. The summed E-state index contributed by atoms with van der Waals surface area (Å²) in [6.45, 7) is 5.78. The van der Waals surface area contributed by atoms with Crippen molar-refractivity contribution in [2.24, 2.45) is 0 Å². The third kappa shape index (κ3) is 3.48. The number of hydrogen-bond acceptors (Lipinski definition) is 2. The number of carbonyl (C=O) groups is 1. The number of halogens is 1. The number of ketones is 1. The van der Waals surface area contributed by atoms with E-state index in [0.717, 1.165) is 15.6 Å².